The van der Waals surface area contributed by atoms with Crippen molar-refractivity contribution in [3.05, 3.63) is 57.8 Å². The lowest BCUT2D eigenvalue weighted by molar-refractivity contribution is 0.466. The van der Waals surface area contributed by atoms with E-state index in [1.807, 2.05) is 6.26 Å². The number of rotatable bonds is 2. The molecule has 1 atom stereocenters. The number of phenols is 1. The average Bonchev–Trinajstić information content (AvgIpc) is 2.47. The number of phenolic OH excluding ortho intramolecular Hbond substituents is 1. The number of fused-ring (bicyclic) bond motifs is 1. The molecule has 112 valence electrons. The van der Waals surface area contributed by atoms with Gasteiger partial charge in [0.1, 0.15) is 12.0 Å². The quantitative estimate of drug-likeness (QED) is 0.630. The van der Waals surface area contributed by atoms with E-state index in [2.05, 4.69) is 4.98 Å². The largest absolute Gasteiger partial charge is 0.508 e. The Morgan fingerprint density at radius 1 is 1.09 bits per heavy atom. The number of nitrogens with one attached hydrogen (secondary N) is 1. The zero-order valence-corrected chi connectivity index (χ0v) is 13.2. The number of hydrogen-bond donors (Lipinski definition) is 3. The molecule has 22 heavy (non-hydrogen) atoms. The van der Waals surface area contributed by atoms with Crippen LogP contribution < -0.4 is 5.56 Å². The second kappa shape index (κ2) is 5.59. The first-order chi connectivity index (χ1) is 10.5. The Balaban J connectivity index is 2.20. The van der Waals surface area contributed by atoms with E-state index < -0.39 is 10.9 Å². The standard InChI is InChI=1S/C16H12ClNO3S/c1-22(11-5-3-10(19)4-6-11)15-14(20)12-7-2-9(17)8-13(12)18-16(15)21/h2-8H,1H3,(H2-,18,19,20,21)/p+1. The number of hydrogen-bond acceptors (Lipinski definition) is 3. The molecule has 4 nitrogen and oxygen atoms in total. The molecule has 0 spiro atoms. The van der Waals surface area contributed by atoms with E-state index in [0.717, 1.165) is 4.90 Å². The molecule has 1 unspecified atom stereocenters. The number of H-pyrrole nitrogens is 1. The van der Waals surface area contributed by atoms with Crippen LogP contribution >= 0.6 is 11.6 Å². The first kappa shape index (κ1) is 14.8. The van der Waals surface area contributed by atoms with Crippen molar-refractivity contribution in [1.82, 2.24) is 4.98 Å². The summed E-state index contributed by atoms with van der Waals surface area (Å²) in [6.07, 6.45) is 1.86. The number of aromatic amines is 1. The second-order valence-electron chi connectivity index (χ2n) is 4.83. The normalized spacial score (nSPS) is 12.5. The van der Waals surface area contributed by atoms with E-state index in [0.29, 0.717) is 20.8 Å². The van der Waals surface area contributed by atoms with E-state index in [1.54, 1.807) is 42.5 Å². The van der Waals surface area contributed by atoms with Crippen molar-refractivity contribution >= 4 is 33.4 Å². The van der Waals surface area contributed by atoms with Crippen LogP contribution in [0.15, 0.2) is 57.1 Å². The minimum absolute atomic E-state index is 0.0330. The first-order valence-corrected chi connectivity index (χ1v) is 8.48. The summed E-state index contributed by atoms with van der Waals surface area (Å²) in [5.41, 5.74) is 0.160. The Kier molecular flexibility index (Phi) is 3.76. The molecule has 1 aromatic heterocycles. The maximum absolute atomic E-state index is 12.3. The number of pyridine rings is 1. The molecule has 3 N–H and O–H groups in total. The average molecular weight is 335 g/mol. The van der Waals surface area contributed by atoms with Gasteiger partial charge in [0.2, 0.25) is 0 Å². The highest BCUT2D eigenvalue weighted by Crippen LogP contribution is 2.32. The molecule has 3 aromatic rings. The van der Waals surface area contributed by atoms with Crippen LogP contribution in [0, 0.1) is 0 Å². The van der Waals surface area contributed by atoms with Gasteiger partial charge in [0, 0.05) is 10.4 Å². The Morgan fingerprint density at radius 3 is 2.45 bits per heavy atom. The third kappa shape index (κ3) is 2.53. The summed E-state index contributed by atoms with van der Waals surface area (Å²) in [6, 6.07) is 11.6. The van der Waals surface area contributed by atoms with Gasteiger partial charge in [-0.2, -0.15) is 0 Å². The van der Waals surface area contributed by atoms with E-state index in [1.165, 1.54) is 0 Å². The van der Waals surface area contributed by atoms with Crippen LogP contribution in [0.3, 0.4) is 0 Å². The summed E-state index contributed by atoms with van der Waals surface area (Å²) in [6.45, 7) is 0. The third-order valence-corrected chi connectivity index (χ3v) is 5.61. The molecule has 2 aromatic carbocycles. The molecule has 6 heteroatoms. The maximum Gasteiger partial charge on any atom is 0.308 e. The molecule has 0 saturated carbocycles. The number of aromatic nitrogens is 1. The van der Waals surface area contributed by atoms with E-state index in [4.69, 9.17) is 11.6 Å². The summed E-state index contributed by atoms with van der Waals surface area (Å²) in [7, 11) is -0.627. The molecule has 0 fully saturated rings. The van der Waals surface area contributed by atoms with Gasteiger partial charge in [-0.25, -0.2) is 0 Å². The van der Waals surface area contributed by atoms with Crippen LogP contribution in [-0.4, -0.2) is 21.5 Å². The van der Waals surface area contributed by atoms with Gasteiger partial charge in [-0.15, -0.1) is 0 Å². The van der Waals surface area contributed by atoms with Crippen molar-refractivity contribution in [3.8, 4) is 11.5 Å². The summed E-state index contributed by atoms with van der Waals surface area (Å²) in [4.78, 5) is 16.3. The summed E-state index contributed by atoms with van der Waals surface area (Å²) in [5, 5.41) is 20.9. The molecule has 0 aliphatic rings. The van der Waals surface area contributed by atoms with Crippen LogP contribution in [0.1, 0.15) is 0 Å². The Morgan fingerprint density at radius 2 is 1.77 bits per heavy atom. The fourth-order valence-corrected chi connectivity index (χ4v) is 3.97. The molecule has 0 bridgehead atoms. The Bertz CT molecular complexity index is 906. The zero-order chi connectivity index (χ0) is 15.9. The highest BCUT2D eigenvalue weighted by atomic mass is 35.5. The SMILES string of the molecule is C[S+](c1ccc(O)cc1)c1c(O)c2ccc(Cl)cc2[nH]c1=O. The molecule has 0 aliphatic heterocycles. The Hall–Kier alpha value is -2.11. The van der Waals surface area contributed by atoms with Gasteiger partial charge in [0.25, 0.3) is 4.90 Å². The molecule has 0 amide bonds. The van der Waals surface area contributed by atoms with E-state index >= 15 is 0 Å². The second-order valence-corrected chi connectivity index (χ2v) is 7.16. The highest BCUT2D eigenvalue weighted by molar-refractivity contribution is 7.96. The van der Waals surface area contributed by atoms with Crippen molar-refractivity contribution < 1.29 is 10.2 Å². The highest BCUT2D eigenvalue weighted by Gasteiger charge is 2.29. The van der Waals surface area contributed by atoms with Gasteiger partial charge < -0.3 is 15.2 Å². The topological polar surface area (TPSA) is 73.3 Å². The van der Waals surface area contributed by atoms with Gasteiger partial charge in [0.15, 0.2) is 10.6 Å². The monoisotopic (exact) mass is 334 g/mol. The van der Waals surface area contributed by atoms with Gasteiger partial charge in [0.05, 0.1) is 16.4 Å². The molecule has 3 rings (SSSR count). The molecular weight excluding hydrogens is 322 g/mol. The lowest BCUT2D eigenvalue weighted by Gasteiger charge is -2.07. The number of halogens is 1. The predicted octanol–water partition coefficient (Wildman–Crippen LogP) is 3.26. The van der Waals surface area contributed by atoms with Gasteiger partial charge in [-0.05, 0) is 42.5 Å². The van der Waals surface area contributed by atoms with Crippen molar-refractivity contribution in [2.45, 2.75) is 9.79 Å². The van der Waals surface area contributed by atoms with Crippen molar-refractivity contribution in [2.24, 2.45) is 0 Å². The van der Waals surface area contributed by atoms with Gasteiger partial charge >= 0.3 is 5.56 Å². The van der Waals surface area contributed by atoms with Crippen molar-refractivity contribution in [2.75, 3.05) is 6.26 Å². The van der Waals surface area contributed by atoms with Crippen LogP contribution in [0.25, 0.3) is 10.9 Å². The first-order valence-electron chi connectivity index (χ1n) is 6.47. The zero-order valence-electron chi connectivity index (χ0n) is 11.6. The molecule has 0 saturated heterocycles. The van der Waals surface area contributed by atoms with Gasteiger partial charge in [-0.1, -0.05) is 11.6 Å². The van der Waals surface area contributed by atoms with E-state index in [9.17, 15) is 15.0 Å². The lowest BCUT2D eigenvalue weighted by Crippen LogP contribution is -2.17. The third-order valence-electron chi connectivity index (χ3n) is 3.40. The van der Waals surface area contributed by atoms with Gasteiger partial charge in [-0.3, -0.25) is 4.79 Å². The molecule has 1 heterocycles. The molecule has 0 radical (unpaired) electrons. The van der Waals surface area contributed by atoms with Crippen LogP contribution in [0.4, 0.5) is 0 Å². The number of benzene rings is 2. The summed E-state index contributed by atoms with van der Waals surface area (Å²) < 4.78 is 0. The smallest absolute Gasteiger partial charge is 0.308 e. The Labute approximate surface area is 134 Å². The fraction of sp³-hybridized carbons (Fsp3) is 0.0625. The van der Waals surface area contributed by atoms with Crippen molar-refractivity contribution in [1.29, 1.82) is 0 Å². The van der Waals surface area contributed by atoms with Crippen LogP contribution in [0.2, 0.25) is 5.02 Å². The molecule has 0 aliphatic carbocycles. The summed E-state index contributed by atoms with van der Waals surface area (Å²) >= 11 is 5.91. The minimum atomic E-state index is -0.627. The lowest BCUT2D eigenvalue weighted by atomic mass is 10.2. The van der Waals surface area contributed by atoms with Crippen LogP contribution in [-0.2, 0) is 10.9 Å². The van der Waals surface area contributed by atoms with E-state index in [-0.39, 0.29) is 17.1 Å². The fourth-order valence-electron chi connectivity index (χ4n) is 2.29. The summed E-state index contributed by atoms with van der Waals surface area (Å²) in [5.74, 6) is 0.126. The molecular formula is C16H13ClNO3S+. The minimum Gasteiger partial charge on any atom is -0.508 e. The maximum atomic E-state index is 12.3. The van der Waals surface area contributed by atoms with Crippen LogP contribution in [0.5, 0.6) is 11.5 Å². The number of aromatic hydroxyl groups is 2. The van der Waals surface area contributed by atoms with Crippen molar-refractivity contribution in [3.63, 3.8) is 0 Å². The predicted molar refractivity (Wildman–Crippen MR) is 89.2 cm³/mol.